The first-order valence-electron chi connectivity index (χ1n) is 9.16. The molecule has 134 valence electrons. The third kappa shape index (κ3) is 2.08. The average Bonchev–Trinajstić information content (AvgIpc) is 3.42. The Morgan fingerprint density at radius 1 is 1.19 bits per heavy atom. The lowest BCUT2D eigenvalue weighted by Gasteiger charge is -2.37. The Hall–Kier alpha value is -2.63. The average molecular weight is 352 g/mol. The first kappa shape index (κ1) is 15.6. The number of ether oxygens (including phenoxy) is 1. The maximum Gasteiger partial charge on any atom is 0.254 e. The molecule has 5 aliphatic rings. The molecule has 6 rings (SSSR count). The molecule has 0 aromatic heterocycles. The minimum Gasteiger partial charge on any atom is -0.504 e. The van der Waals surface area contributed by atoms with Gasteiger partial charge in [0.25, 0.3) is 11.8 Å². The van der Waals surface area contributed by atoms with Crippen molar-refractivity contribution in [2.75, 3.05) is 6.61 Å². The normalized spacial score (nSPS) is 36.6. The summed E-state index contributed by atoms with van der Waals surface area (Å²) in [6.45, 7) is 2.26. The van der Waals surface area contributed by atoms with Crippen LogP contribution in [0.2, 0.25) is 0 Å². The van der Waals surface area contributed by atoms with Gasteiger partial charge in [0.2, 0.25) is 0 Å². The summed E-state index contributed by atoms with van der Waals surface area (Å²) in [5, 5.41) is 15.0. The molecule has 1 saturated heterocycles. The molecule has 3 fully saturated rings. The number of amides is 2. The van der Waals surface area contributed by atoms with Crippen molar-refractivity contribution < 1.29 is 19.4 Å². The van der Waals surface area contributed by atoms with Gasteiger partial charge in [0.15, 0.2) is 11.5 Å². The molecule has 1 aromatic carbocycles. The lowest BCUT2D eigenvalue weighted by molar-refractivity contribution is -0.140. The molecular weight excluding hydrogens is 332 g/mol. The molecule has 1 heterocycles. The minimum absolute atomic E-state index is 0.0465. The van der Waals surface area contributed by atoms with Crippen LogP contribution >= 0.6 is 0 Å². The first-order chi connectivity index (χ1) is 12.6. The van der Waals surface area contributed by atoms with Gasteiger partial charge in [-0.05, 0) is 60.8 Å². The molecule has 2 bridgehead atoms. The molecule has 0 spiro atoms. The largest absolute Gasteiger partial charge is 0.504 e. The summed E-state index contributed by atoms with van der Waals surface area (Å²) in [5.41, 5.74) is 0.658. The van der Waals surface area contributed by atoms with Crippen LogP contribution in [0.25, 0.3) is 0 Å². The number of phenolic OH excluding ortho intramolecular Hbond substituents is 1. The Bertz CT molecular complexity index is 825. The van der Waals surface area contributed by atoms with E-state index in [1.54, 1.807) is 12.1 Å². The van der Waals surface area contributed by atoms with Crippen LogP contribution in [0.15, 0.2) is 35.5 Å². The third-order valence-electron chi connectivity index (χ3n) is 6.25. The van der Waals surface area contributed by atoms with Gasteiger partial charge in [-0.2, -0.15) is 10.1 Å². The maximum absolute atomic E-state index is 12.8. The van der Waals surface area contributed by atoms with Gasteiger partial charge in [0.1, 0.15) is 0 Å². The lowest BCUT2D eigenvalue weighted by atomic mass is 9.63. The molecule has 6 atom stereocenters. The monoisotopic (exact) mass is 352 g/mol. The molecule has 4 aliphatic carbocycles. The fourth-order valence-corrected chi connectivity index (χ4v) is 5.06. The number of phenols is 1. The maximum atomic E-state index is 12.8. The number of hydrogen-bond acceptors (Lipinski definition) is 5. The summed E-state index contributed by atoms with van der Waals surface area (Å²) in [6, 6.07) is 4.82. The Morgan fingerprint density at radius 2 is 1.85 bits per heavy atom. The van der Waals surface area contributed by atoms with E-state index in [1.807, 2.05) is 6.92 Å². The highest BCUT2D eigenvalue weighted by atomic mass is 16.5. The topological polar surface area (TPSA) is 79.2 Å². The second-order valence-corrected chi connectivity index (χ2v) is 7.55. The molecule has 1 N–H and O–H groups in total. The van der Waals surface area contributed by atoms with Gasteiger partial charge >= 0.3 is 0 Å². The molecule has 6 heteroatoms. The number of carbonyl (C=O) groups is 2. The van der Waals surface area contributed by atoms with Crippen molar-refractivity contribution in [2.45, 2.75) is 13.3 Å². The zero-order valence-corrected chi connectivity index (χ0v) is 14.4. The quantitative estimate of drug-likeness (QED) is 0.512. The number of aromatic hydroxyl groups is 1. The number of rotatable bonds is 4. The predicted molar refractivity (Wildman–Crippen MR) is 93.4 cm³/mol. The van der Waals surface area contributed by atoms with Crippen LogP contribution in [-0.4, -0.2) is 34.8 Å². The summed E-state index contributed by atoms with van der Waals surface area (Å²) >= 11 is 0. The lowest BCUT2D eigenvalue weighted by Crippen LogP contribution is -2.40. The minimum atomic E-state index is -0.239. The van der Waals surface area contributed by atoms with E-state index in [1.165, 1.54) is 12.3 Å². The number of carbonyl (C=O) groups excluding carboxylic acids is 2. The number of hydrogen-bond donors (Lipinski definition) is 1. The Labute approximate surface area is 151 Å². The van der Waals surface area contributed by atoms with Crippen LogP contribution in [0.1, 0.15) is 18.9 Å². The van der Waals surface area contributed by atoms with Crippen LogP contribution in [0.5, 0.6) is 11.5 Å². The zero-order chi connectivity index (χ0) is 18.0. The van der Waals surface area contributed by atoms with Gasteiger partial charge in [-0.1, -0.05) is 12.2 Å². The van der Waals surface area contributed by atoms with Crippen LogP contribution < -0.4 is 4.74 Å². The van der Waals surface area contributed by atoms with Gasteiger partial charge in [-0.15, -0.1) is 0 Å². The van der Waals surface area contributed by atoms with E-state index in [0.29, 0.717) is 29.8 Å². The summed E-state index contributed by atoms with van der Waals surface area (Å²) in [7, 11) is 0. The second kappa shape index (κ2) is 5.43. The number of allylic oxidation sites excluding steroid dienone is 2. The number of nitrogens with zero attached hydrogens (tertiary/aromatic N) is 2. The Morgan fingerprint density at radius 3 is 2.46 bits per heavy atom. The van der Waals surface area contributed by atoms with Crippen LogP contribution in [0.3, 0.4) is 0 Å². The van der Waals surface area contributed by atoms with Gasteiger partial charge in [0, 0.05) is 0 Å². The van der Waals surface area contributed by atoms with E-state index < -0.39 is 0 Å². The Balaban J connectivity index is 1.40. The molecular formula is C20H20N2O4. The molecule has 0 unspecified atom stereocenters. The van der Waals surface area contributed by atoms with Crippen LogP contribution in [0.4, 0.5) is 0 Å². The van der Waals surface area contributed by atoms with Crippen molar-refractivity contribution in [3.63, 3.8) is 0 Å². The third-order valence-corrected chi connectivity index (χ3v) is 6.25. The van der Waals surface area contributed by atoms with E-state index >= 15 is 0 Å². The Kier molecular flexibility index (Phi) is 3.26. The molecule has 1 aliphatic heterocycles. The highest BCUT2D eigenvalue weighted by Gasteiger charge is 2.67. The van der Waals surface area contributed by atoms with Gasteiger partial charge < -0.3 is 9.84 Å². The van der Waals surface area contributed by atoms with Gasteiger partial charge in [-0.25, -0.2) is 0 Å². The van der Waals surface area contributed by atoms with E-state index in [0.717, 1.165) is 11.4 Å². The number of benzene rings is 1. The SMILES string of the molecule is CCOc1cc(/C=N/N2C(=O)[C@H]3[C@@H]4C=C[C@H]([C@H]5C[C@H]45)[C@@H]3C2=O)ccc1O. The molecule has 6 nitrogen and oxygen atoms in total. The molecule has 2 saturated carbocycles. The van der Waals surface area contributed by atoms with Crippen molar-refractivity contribution in [2.24, 2.45) is 40.6 Å². The smallest absolute Gasteiger partial charge is 0.254 e. The highest BCUT2D eigenvalue weighted by Crippen LogP contribution is 2.65. The van der Waals surface area contributed by atoms with E-state index in [4.69, 9.17) is 4.74 Å². The molecule has 0 radical (unpaired) electrons. The summed E-state index contributed by atoms with van der Waals surface area (Å²) in [5.74, 6) is 1.13. The zero-order valence-electron chi connectivity index (χ0n) is 14.4. The van der Waals surface area contributed by atoms with Crippen molar-refractivity contribution >= 4 is 18.0 Å². The molecule has 1 aromatic rings. The fraction of sp³-hybridized carbons (Fsp3) is 0.450. The predicted octanol–water partition coefficient (Wildman–Crippen LogP) is 2.18. The van der Waals surface area contributed by atoms with Crippen LogP contribution in [0, 0.1) is 35.5 Å². The fourth-order valence-electron chi connectivity index (χ4n) is 5.06. The molecule has 26 heavy (non-hydrogen) atoms. The van der Waals surface area contributed by atoms with Gasteiger partial charge in [0.05, 0.1) is 24.7 Å². The number of imide groups is 1. The van der Waals surface area contributed by atoms with Crippen molar-refractivity contribution in [3.05, 3.63) is 35.9 Å². The van der Waals surface area contributed by atoms with Gasteiger partial charge in [-0.3, -0.25) is 9.59 Å². The van der Waals surface area contributed by atoms with Crippen LogP contribution in [-0.2, 0) is 9.59 Å². The van der Waals surface area contributed by atoms with E-state index in [2.05, 4.69) is 17.3 Å². The highest BCUT2D eigenvalue weighted by molar-refractivity contribution is 6.06. The second-order valence-electron chi connectivity index (χ2n) is 7.55. The summed E-state index contributed by atoms with van der Waals surface area (Å²) < 4.78 is 5.35. The van der Waals surface area contributed by atoms with Crippen molar-refractivity contribution in [1.29, 1.82) is 0 Å². The van der Waals surface area contributed by atoms with Crippen molar-refractivity contribution in [1.82, 2.24) is 5.01 Å². The van der Waals surface area contributed by atoms with E-state index in [9.17, 15) is 14.7 Å². The molecule has 2 amide bonds. The number of hydrazone groups is 1. The standard InChI is InChI=1S/C20H20N2O4/c1-2-26-16-7-10(3-6-15(16)23)9-21-22-19(24)17-11-4-5-12(14-8-13(11)14)18(17)20(22)25/h3-7,9,11-14,17-18,23H,2,8H2,1H3/b21-9+/t11-,12-,13-,14-,17+,18+/m1/s1. The van der Waals surface area contributed by atoms with Crippen molar-refractivity contribution in [3.8, 4) is 11.5 Å². The summed E-state index contributed by atoms with van der Waals surface area (Å²) in [4.78, 5) is 25.7. The first-order valence-corrected chi connectivity index (χ1v) is 9.16. The van der Waals surface area contributed by atoms with E-state index in [-0.39, 0.29) is 41.2 Å². The summed E-state index contributed by atoms with van der Waals surface area (Å²) in [6.07, 6.45) is 6.91.